The van der Waals surface area contributed by atoms with E-state index >= 15 is 0 Å². The number of guanidine groups is 1. The number of nitrogens with one attached hydrogen (secondary N) is 1. The minimum absolute atomic E-state index is 0.492. The second-order valence-corrected chi connectivity index (χ2v) is 5.30. The fraction of sp³-hybridized carbons (Fsp3) is 0.533. The Morgan fingerprint density at radius 2 is 2.00 bits per heavy atom. The van der Waals surface area contributed by atoms with Crippen LogP contribution in [0.5, 0.6) is 0 Å². The summed E-state index contributed by atoms with van der Waals surface area (Å²) in [4.78, 5) is 6.53. The predicted octanol–water partition coefficient (Wildman–Crippen LogP) is 1.62. The quantitative estimate of drug-likeness (QED) is 0.869. The van der Waals surface area contributed by atoms with Gasteiger partial charge in [0.05, 0.1) is 6.10 Å². The Balaban J connectivity index is 1.97. The molecule has 1 unspecified atom stereocenters. The number of hydrogen-bond acceptors (Lipinski definition) is 4. The maximum Gasteiger partial charge on any atom is 0.193 e. The van der Waals surface area contributed by atoms with E-state index in [9.17, 15) is 5.11 Å². The number of benzene rings is 1. The topological polar surface area (TPSA) is 47.9 Å². The van der Waals surface area contributed by atoms with E-state index in [0.29, 0.717) is 6.54 Å². The number of aliphatic hydroxyl groups excluding tert-OH is 1. The number of hydrogen-bond donors (Lipinski definition) is 2. The second kappa shape index (κ2) is 6.06. The van der Waals surface area contributed by atoms with Gasteiger partial charge in [-0.3, -0.25) is 4.99 Å². The van der Waals surface area contributed by atoms with Gasteiger partial charge in [-0.1, -0.05) is 29.3 Å². The lowest BCUT2D eigenvalue weighted by Gasteiger charge is -2.26. The van der Waals surface area contributed by atoms with Crippen molar-refractivity contribution < 1.29 is 5.11 Å². The minimum atomic E-state index is -0.503. The second-order valence-electron chi connectivity index (χ2n) is 5.30. The molecular weight excluding hydrogens is 238 g/mol. The van der Waals surface area contributed by atoms with E-state index in [1.165, 1.54) is 11.1 Å². The van der Waals surface area contributed by atoms with Crippen molar-refractivity contribution in [3.63, 3.8) is 0 Å². The van der Waals surface area contributed by atoms with Crippen molar-refractivity contribution in [2.45, 2.75) is 26.4 Å². The van der Waals surface area contributed by atoms with E-state index in [-0.39, 0.29) is 0 Å². The zero-order valence-electron chi connectivity index (χ0n) is 12.0. The Hall–Kier alpha value is -1.55. The first-order valence-corrected chi connectivity index (χ1v) is 6.82. The third-order valence-electron chi connectivity index (χ3n) is 3.36. The first kappa shape index (κ1) is 13.9. The number of nitrogens with zero attached hydrogens (tertiary/aromatic N) is 2. The van der Waals surface area contributed by atoms with Crippen molar-refractivity contribution in [1.29, 1.82) is 0 Å². The van der Waals surface area contributed by atoms with Crippen molar-refractivity contribution in [3.05, 3.63) is 34.9 Å². The molecule has 0 aromatic heterocycles. The van der Waals surface area contributed by atoms with Crippen LogP contribution < -0.4 is 5.32 Å². The van der Waals surface area contributed by atoms with Gasteiger partial charge >= 0.3 is 0 Å². The average molecular weight is 261 g/mol. The molecule has 2 rings (SSSR count). The van der Waals surface area contributed by atoms with Gasteiger partial charge in [0, 0.05) is 26.7 Å². The summed E-state index contributed by atoms with van der Waals surface area (Å²) < 4.78 is 0. The van der Waals surface area contributed by atoms with E-state index < -0.39 is 6.10 Å². The maximum absolute atomic E-state index is 10.3. The van der Waals surface area contributed by atoms with E-state index in [2.05, 4.69) is 35.1 Å². The molecule has 4 nitrogen and oxygen atoms in total. The summed E-state index contributed by atoms with van der Waals surface area (Å²) in [6.45, 7) is 6.48. The zero-order chi connectivity index (χ0) is 13.8. The summed E-state index contributed by atoms with van der Waals surface area (Å²) >= 11 is 0. The lowest BCUT2D eigenvalue weighted by atomic mass is 10.0. The van der Waals surface area contributed by atoms with Crippen LogP contribution in [0.15, 0.2) is 23.2 Å². The van der Waals surface area contributed by atoms with Gasteiger partial charge in [0.1, 0.15) is 0 Å². The van der Waals surface area contributed by atoms with Gasteiger partial charge in [-0.25, -0.2) is 0 Å². The number of rotatable bonds is 3. The minimum Gasteiger partial charge on any atom is -0.387 e. The number of aryl methyl sites for hydroxylation is 2. The average Bonchev–Trinajstić information content (AvgIpc) is 2.36. The fourth-order valence-electron chi connectivity index (χ4n) is 2.42. The van der Waals surface area contributed by atoms with E-state index in [1.807, 2.05) is 19.2 Å². The van der Waals surface area contributed by atoms with Crippen LogP contribution >= 0.6 is 0 Å². The van der Waals surface area contributed by atoms with Crippen LogP contribution in [0, 0.1) is 13.8 Å². The lowest BCUT2D eigenvalue weighted by Crippen LogP contribution is -2.43. The Bertz CT molecular complexity index is 450. The smallest absolute Gasteiger partial charge is 0.193 e. The zero-order valence-corrected chi connectivity index (χ0v) is 12.0. The first-order valence-electron chi connectivity index (χ1n) is 6.82. The molecule has 0 saturated heterocycles. The summed E-state index contributed by atoms with van der Waals surface area (Å²) in [7, 11) is 2.02. The molecule has 4 heteroatoms. The molecule has 0 spiro atoms. The fourth-order valence-corrected chi connectivity index (χ4v) is 2.42. The molecule has 2 N–H and O–H groups in total. The summed E-state index contributed by atoms with van der Waals surface area (Å²) in [5, 5.41) is 13.5. The molecule has 1 heterocycles. The van der Waals surface area contributed by atoms with Gasteiger partial charge in [0.25, 0.3) is 0 Å². The standard InChI is InChI=1S/C15H23N3O/c1-11-7-12(2)9-13(8-11)14(19)10-17-15-16-5-4-6-18(15)3/h7-9,14,19H,4-6,10H2,1-3H3,(H,16,17). The Labute approximate surface area is 115 Å². The molecule has 104 valence electrons. The van der Waals surface area contributed by atoms with E-state index in [1.54, 1.807) is 0 Å². The molecule has 0 aliphatic carbocycles. The molecule has 1 atom stereocenters. The third kappa shape index (κ3) is 3.70. The predicted molar refractivity (Wildman–Crippen MR) is 78.4 cm³/mol. The van der Waals surface area contributed by atoms with Crippen LogP contribution in [0.2, 0.25) is 0 Å². The Morgan fingerprint density at radius 3 is 2.63 bits per heavy atom. The van der Waals surface area contributed by atoms with Crippen LogP contribution in [0.1, 0.15) is 29.2 Å². The summed E-state index contributed by atoms with van der Waals surface area (Å²) in [6.07, 6.45) is 0.595. The van der Waals surface area contributed by atoms with Crippen LogP contribution in [0.4, 0.5) is 0 Å². The normalized spacial score (nSPS) is 17.1. The van der Waals surface area contributed by atoms with Crippen LogP contribution in [-0.2, 0) is 0 Å². The molecule has 19 heavy (non-hydrogen) atoms. The van der Waals surface area contributed by atoms with Gasteiger partial charge in [-0.2, -0.15) is 0 Å². The molecule has 0 radical (unpaired) electrons. The number of aliphatic hydroxyl groups is 1. The van der Waals surface area contributed by atoms with Gasteiger partial charge < -0.3 is 15.3 Å². The van der Waals surface area contributed by atoms with E-state index in [0.717, 1.165) is 31.0 Å². The highest BCUT2D eigenvalue weighted by Crippen LogP contribution is 2.16. The molecular formula is C15H23N3O. The lowest BCUT2D eigenvalue weighted by molar-refractivity contribution is 0.179. The van der Waals surface area contributed by atoms with Crippen molar-refractivity contribution >= 4 is 5.96 Å². The van der Waals surface area contributed by atoms with Crippen LogP contribution in [0.3, 0.4) is 0 Å². The molecule has 1 aromatic carbocycles. The molecule has 0 bridgehead atoms. The highest BCUT2D eigenvalue weighted by atomic mass is 16.3. The SMILES string of the molecule is Cc1cc(C)cc(C(O)CNC2=NCCCN2C)c1. The highest BCUT2D eigenvalue weighted by molar-refractivity contribution is 5.80. The highest BCUT2D eigenvalue weighted by Gasteiger charge is 2.13. The third-order valence-corrected chi connectivity index (χ3v) is 3.36. The molecule has 0 amide bonds. The molecule has 1 aliphatic rings. The van der Waals surface area contributed by atoms with Gasteiger partial charge in [-0.15, -0.1) is 0 Å². The molecule has 1 aliphatic heterocycles. The largest absolute Gasteiger partial charge is 0.387 e. The van der Waals surface area contributed by atoms with Gasteiger partial charge in [0.15, 0.2) is 5.96 Å². The van der Waals surface area contributed by atoms with Crippen molar-refractivity contribution in [2.75, 3.05) is 26.7 Å². The summed E-state index contributed by atoms with van der Waals surface area (Å²) in [6, 6.07) is 6.18. The monoisotopic (exact) mass is 261 g/mol. The number of aliphatic imine (C=N–C) groups is 1. The summed E-state index contributed by atoms with van der Waals surface area (Å²) in [5.41, 5.74) is 3.33. The Morgan fingerprint density at radius 1 is 1.32 bits per heavy atom. The van der Waals surface area contributed by atoms with Crippen molar-refractivity contribution in [3.8, 4) is 0 Å². The Kier molecular flexibility index (Phi) is 4.43. The first-order chi connectivity index (χ1) is 9.06. The molecule has 0 saturated carbocycles. The van der Waals surface area contributed by atoms with Crippen molar-refractivity contribution in [2.24, 2.45) is 4.99 Å². The van der Waals surface area contributed by atoms with Crippen LogP contribution in [-0.4, -0.2) is 42.6 Å². The summed E-state index contributed by atoms with van der Waals surface area (Å²) in [5.74, 6) is 0.884. The molecule has 1 aromatic rings. The van der Waals surface area contributed by atoms with Crippen LogP contribution in [0.25, 0.3) is 0 Å². The van der Waals surface area contributed by atoms with Gasteiger partial charge in [-0.05, 0) is 25.8 Å². The maximum atomic E-state index is 10.3. The van der Waals surface area contributed by atoms with Gasteiger partial charge in [0.2, 0.25) is 0 Å². The van der Waals surface area contributed by atoms with Crippen molar-refractivity contribution in [1.82, 2.24) is 10.2 Å². The van der Waals surface area contributed by atoms with E-state index in [4.69, 9.17) is 0 Å². The molecule has 0 fully saturated rings.